The summed E-state index contributed by atoms with van der Waals surface area (Å²) in [4.78, 5) is 26.8. The minimum absolute atomic E-state index is 0. The summed E-state index contributed by atoms with van der Waals surface area (Å²) in [6.45, 7) is 3.39. The molecule has 2 unspecified atom stereocenters. The van der Waals surface area contributed by atoms with Gasteiger partial charge in [-0.15, -0.1) is 12.4 Å². The predicted octanol–water partition coefficient (Wildman–Crippen LogP) is 3.30. The van der Waals surface area contributed by atoms with Gasteiger partial charge in [-0.25, -0.2) is 0 Å². The number of benzene rings is 2. The van der Waals surface area contributed by atoms with Crippen molar-refractivity contribution in [2.75, 3.05) is 19.7 Å². The van der Waals surface area contributed by atoms with Gasteiger partial charge >= 0.3 is 0 Å². The second kappa shape index (κ2) is 10.2. The van der Waals surface area contributed by atoms with Crippen LogP contribution in [0.15, 0.2) is 54.6 Å². The summed E-state index contributed by atoms with van der Waals surface area (Å²) in [5.41, 5.74) is 7.06. The number of carbonyl (C=O) groups excluding carboxylic acids is 2. The van der Waals surface area contributed by atoms with Crippen molar-refractivity contribution in [3.63, 3.8) is 0 Å². The SMILES string of the molecule is CC1CCN(C(=O)COc2ccc(C(=O)c3ccccc3)cc2)C(CN)C1.Cl. The van der Waals surface area contributed by atoms with Gasteiger partial charge in [0.1, 0.15) is 5.75 Å². The van der Waals surface area contributed by atoms with Gasteiger partial charge in [0.25, 0.3) is 5.91 Å². The van der Waals surface area contributed by atoms with Crippen LogP contribution in [0.3, 0.4) is 0 Å². The summed E-state index contributed by atoms with van der Waals surface area (Å²) in [5, 5.41) is 0. The van der Waals surface area contributed by atoms with Crippen LogP contribution in [0.2, 0.25) is 0 Å². The number of piperidine rings is 1. The van der Waals surface area contributed by atoms with E-state index in [1.807, 2.05) is 23.1 Å². The maximum absolute atomic E-state index is 12.5. The Morgan fingerprint density at radius 2 is 1.71 bits per heavy atom. The van der Waals surface area contributed by atoms with E-state index in [0.29, 0.717) is 29.3 Å². The Hall–Kier alpha value is -2.37. The molecule has 2 N–H and O–H groups in total. The Labute approximate surface area is 172 Å². The van der Waals surface area contributed by atoms with Crippen molar-refractivity contribution in [2.24, 2.45) is 11.7 Å². The van der Waals surface area contributed by atoms with Gasteiger partial charge < -0.3 is 15.4 Å². The standard InChI is InChI=1S/C22H26N2O3.ClH/c1-16-11-12-24(19(13-16)14-23)21(25)15-27-20-9-7-18(8-10-20)22(26)17-5-3-2-4-6-17;/h2-10,16,19H,11-15,23H2,1H3;1H. The minimum Gasteiger partial charge on any atom is -0.484 e. The molecule has 6 heteroatoms. The lowest BCUT2D eigenvalue weighted by Gasteiger charge is -2.37. The fourth-order valence-electron chi connectivity index (χ4n) is 3.49. The normalized spacial score (nSPS) is 18.9. The third kappa shape index (κ3) is 5.33. The fourth-order valence-corrected chi connectivity index (χ4v) is 3.49. The van der Waals surface area contributed by atoms with Crippen LogP contribution in [0.25, 0.3) is 0 Å². The highest BCUT2D eigenvalue weighted by molar-refractivity contribution is 6.08. The van der Waals surface area contributed by atoms with E-state index >= 15 is 0 Å². The molecule has 1 aliphatic rings. The van der Waals surface area contributed by atoms with Gasteiger partial charge in [-0.3, -0.25) is 9.59 Å². The van der Waals surface area contributed by atoms with E-state index < -0.39 is 0 Å². The Bertz CT molecular complexity index is 780. The fraction of sp³-hybridized carbons (Fsp3) is 0.364. The van der Waals surface area contributed by atoms with E-state index in [4.69, 9.17) is 10.5 Å². The molecule has 5 nitrogen and oxygen atoms in total. The molecule has 2 aromatic rings. The first kappa shape index (κ1) is 21.9. The van der Waals surface area contributed by atoms with Gasteiger partial charge in [-0.1, -0.05) is 37.3 Å². The van der Waals surface area contributed by atoms with Crippen molar-refractivity contribution in [3.05, 3.63) is 65.7 Å². The van der Waals surface area contributed by atoms with Crippen molar-refractivity contribution in [2.45, 2.75) is 25.8 Å². The molecule has 0 bridgehead atoms. The molecular formula is C22H27ClN2O3. The van der Waals surface area contributed by atoms with Crippen LogP contribution in [0, 0.1) is 5.92 Å². The van der Waals surface area contributed by atoms with Crippen molar-refractivity contribution >= 4 is 24.1 Å². The number of ketones is 1. The average Bonchev–Trinajstić information content (AvgIpc) is 2.72. The smallest absolute Gasteiger partial charge is 0.260 e. The lowest BCUT2D eigenvalue weighted by molar-refractivity contribution is -0.137. The van der Waals surface area contributed by atoms with E-state index in [1.54, 1.807) is 36.4 Å². The molecule has 1 aliphatic heterocycles. The first-order chi connectivity index (χ1) is 13.1. The molecule has 0 aliphatic carbocycles. The van der Waals surface area contributed by atoms with Crippen LogP contribution in [0.1, 0.15) is 35.7 Å². The van der Waals surface area contributed by atoms with Gasteiger partial charge in [-0.05, 0) is 43.0 Å². The number of rotatable bonds is 6. The molecule has 0 radical (unpaired) electrons. The number of halogens is 1. The number of hydrogen-bond acceptors (Lipinski definition) is 4. The van der Waals surface area contributed by atoms with Gasteiger partial charge in [0.15, 0.2) is 12.4 Å². The largest absolute Gasteiger partial charge is 0.484 e. The lowest BCUT2D eigenvalue weighted by atomic mass is 9.92. The maximum Gasteiger partial charge on any atom is 0.260 e. The van der Waals surface area contributed by atoms with E-state index in [-0.39, 0.29) is 36.7 Å². The summed E-state index contributed by atoms with van der Waals surface area (Å²) in [5.74, 6) is 1.09. The molecule has 0 spiro atoms. The molecule has 1 heterocycles. The van der Waals surface area contributed by atoms with E-state index in [0.717, 1.165) is 19.4 Å². The highest BCUT2D eigenvalue weighted by Crippen LogP contribution is 2.22. The molecule has 1 amide bonds. The summed E-state index contributed by atoms with van der Waals surface area (Å²) in [6.07, 6.45) is 1.94. The molecule has 2 atom stereocenters. The highest BCUT2D eigenvalue weighted by atomic mass is 35.5. The van der Waals surface area contributed by atoms with E-state index in [9.17, 15) is 9.59 Å². The van der Waals surface area contributed by atoms with Crippen molar-refractivity contribution in [1.82, 2.24) is 4.90 Å². The maximum atomic E-state index is 12.5. The zero-order valence-corrected chi connectivity index (χ0v) is 16.9. The molecule has 0 saturated carbocycles. The van der Waals surface area contributed by atoms with Crippen LogP contribution in [-0.2, 0) is 4.79 Å². The molecule has 1 saturated heterocycles. The Kier molecular flexibility index (Phi) is 8.03. The van der Waals surface area contributed by atoms with Gasteiger partial charge in [0.05, 0.1) is 0 Å². The first-order valence-corrected chi connectivity index (χ1v) is 9.40. The van der Waals surface area contributed by atoms with Gasteiger partial charge in [-0.2, -0.15) is 0 Å². The molecule has 150 valence electrons. The topological polar surface area (TPSA) is 72.6 Å². The molecule has 2 aromatic carbocycles. The highest BCUT2D eigenvalue weighted by Gasteiger charge is 2.28. The Balaban J connectivity index is 0.00000280. The second-order valence-corrected chi connectivity index (χ2v) is 7.11. The van der Waals surface area contributed by atoms with Crippen molar-refractivity contribution in [3.8, 4) is 5.75 Å². The zero-order chi connectivity index (χ0) is 19.2. The number of ether oxygens (including phenoxy) is 1. The number of nitrogens with zero attached hydrogens (tertiary/aromatic N) is 1. The second-order valence-electron chi connectivity index (χ2n) is 7.11. The van der Waals surface area contributed by atoms with E-state index in [2.05, 4.69) is 6.92 Å². The molecular weight excluding hydrogens is 376 g/mol. The van der Waals surface area contributed by atoms with Crippen LogP contribution in [0.4, 0.5) is 0 Å². The zero-order valence-electron chi connectivity index (χ0n) is 16.0. The van der Waals surface area contributed by atoms with Crippen LogP contribution in [-0.4, -0.2) is 42.3 Å². The Morgan fingerprint density at radius 1 is 1.07 bits per heavy atom. The number of hydrogen-bond donors (Lipinski definition) is 1. The predicted molar refractivity (Wildman–Crippen MR) is 112 cm³/mol. The molecule has 1 fully saturated rings. The Morgan fingerprint density at radius 3 is 2.36 bits per heavy atom. The number of nitrogens with two attached hydrogens (primary N) is 1. The average molecular weight is 403 g/mol. The third-order valence-corrected chi connectivity index (χ3v) is 5.09. The lowest BCUT2D eigenvalue weighted by Crippen LogP contribution is -2.50. The number of amides is 1. The number of likely N-dealkylation sites (tertiary alicyclic amines) is 1. The summed E-state index contributed by atoms with van der Waals surface area (Å²) in [7, 11) is 0. The van der Waals surface area contributed by atoms with Crippen molar-refractivity contribution in [1.29, 1.82) is 0 Å². The van der Waals surface area contributed by atoms with Gasteiger partial charge in [0, 0.05) is 30.3 Å². The summed E-state index contributed by atoms with van der Waals surface area (Å²) in [6, 6.07) is 16.1. The monoisotopic (exact) mass is 402 g/mol. The van der Waals surface area contributed by atoms with Crippen molar-refractivity contribution < 1.29 is 14.3 Å². The third-order valence-electron chi connectivity index (χ3n) is 5.09. The molecule has 3 rings (SSSR count). The van der Waals surface area contributed by atoms with Crippen LogP contribution < -0.4 is 10.5 Å². The molecule has 0 aromatic heterocycles. The number of carbonyl (C=O) groups is 2. The van der Waals surface area contributed by atoms with Gasteiger partial charge in [0.2, 0.25) is 0 Å². The minimum atomic E-state index is -0.0400. The summed E-state index contributed by atoms with van der Waals surface area (Å²) < 4.78 is 5.64. The quantitative estimate of drug-likeness (QED) is 0.752. The summed E-state index contributed by atoms with van der Waals surface area (Å²) >= 11 is 0. The van der Waals surface area contributed by atoms with Crippen LogP contribution >= 0.6 is 12.4 Å². The van der Waals surface area contributed by atoms with E-state index in [1.165, 1.54) is 0 Å². The van der Waals surface area contributed by atoms with Crippen LogP contribution in [0.5, 0.6) is 5.75 Å². The molecule has 28 heavy (non-hydrogen) atoms. The first-order valence-electron chi connectivity index (χ1n) is 9.40.